The number of piperazine rings is 1. The Balaban J connectivity index is 1.78. The zero-order chi connectivity index (χ0) is 17.5. The summed E-state index contributed by atoms with van der Waals surface area (Å²) < 4.78 is 0. The minimum atomic E-state index is -0.112. The summed E-state index contributed by atoms with van der Waals surface area (Å²) in [5.41, 5.74) is 1.44. The normalized spacial score (nSPS) is 15.4. The Morgan fingerprint density at radius 1 is 1.00 bits per heavy atom. The molecule has 0 radical (unpaired) electrons. The predicted octanol–water partition coefficient (Wildman–Crippen LogP) is 1.36. The lowest BCUT2D eigenvalue weighted by Crippen LogP contribution is -2.51. The molecule has 0 unspecified atom stereocenters. The van der Waals surface area contributed by atoms with Gasteiger partial charge in [0.2, 0.25) is 5.91 Å². The van der Waals surface area contributed by atoms with Gasteiger partial charge in [0.15, 0.2) is 0 Å². The van der Waals surface area contributed by atoms with E-state index in [1.54, 1.807) is 24.3 Å². The van der Waals surface area contributed by atoms with E-state index in [1.807, 2.05) is 4.90 Å². The first kappa shape index (κ1) is 18.2. The molecule has 3 amide bonds. The van der Waals surface area contributed by atoms with Crippen molar-refractivity contribution in [1.29, 1.82) is 0 Å². The zero-order valence-electron chi connectivity index (χ0n) is 14.7. The van der Waals surface area contributed by atoms with Crippen molar-refractivity contribution < 1.29 is 9.59 Å². The average Bonchev–Trinajstić information content (AvgIpc) is 2.54. The van der Waals surface area contributed by atoms with Crippen molar-refractivity contribution in [1.82, 2.24) is 14.7 Å². The van der Waals surface area contributed by atoms with Gasteiger partial charge >= 0.3 is 6.03 Å². The van der Waals surface area contributed by atoms with Crippen LogP contribution in [0, 0.1) is 0 Å². The predicted molar refractivity (Wildman–Crippen MR) is 96.3 cm³/mol. The third-order valence-electron chi connectivity index (χ3n) is 3.98. The van der Waals surface area contributed by atoms with Crippen LogP contribution in [0.25, 0.3) is 0 Å². The summed E-state index contributed by atoms with van der Waals surface area (Å²) >= 11 is 0. The van der Waals surface area contributed by atoms with Gasteiger partial charge in [-0.05, 0) is 38.4 Å². The number of likely N-dealkylation sites (N-methyl/N-ethyl adjacent to an activating group) is 1. The van der Waals surface area contributed by atoms with Crippen LogP contribution >= 0.6 is 0 Å². The van der Waals surface area contributed by atoms with Crippen LogP contribution in [0.1, 0.15) is 6.92 Å². The Morgan fingerprint density at radius 3 is 2.04 bits per heavy atom. The Bertz CT molecular complexity index is 551. The molecule has 1 aromatic carbocycles. The Labute approximate surface area is 143 Å². The number of hydrogen-bond acceptors (Lipinski definition) is 4. The minimum absolute atomic E-state index is 0.0745. The van der Waals surface area contributed by atoms with Gasteiger partial charge in [-0.2, -0.15) is 0 Å². The molecular weight excluding hydrogens is 306 g/mol. The van der Waals surface area contributed by atoms with Gasteiger partial charge in [-0.3, -0.25) is 9.69 Å². The summed E-state index contributed by atoms with van der Waals surface area (Å²) in [6.07, 6.45) is 0. The quantitative estimate of drug-likeness (QED) is 0.854. The van der Waals surface area contributed by atoms with E-state index in [2.05, 4.69) is 34.5 Å². The van der Waals surface area contributed by atoms with Crippen LogP contribution in [0.5, 0.6) is 0 Å². The van der Waals surface area contributed by atoms with Gasteiger partial charge in [-0.25, -0.2) is 4.79 Å². The molecule has 24 heavy (non-hydrogen) atoms. The van der Waals surface area contributed by atoms with Gasteiger partial charge in [0, 0.05) is 57.6 Å². The second-order valence-electron chi connectivity index (χ2n) is 6.32. The lowest BCUT2D eigenvalue weighted by atomic mass is 10.2. The molecule has 1 aliphatic heterocycles. The van der Waals surface area contributed by atoms with Crippen molar-refractivity contribution in [3.8, 4) is 0 Å². The van der Waals surface area contributed by atoms with Gasteiger partial charge in [-0.1, -0.05) is 0 Å². The van der Waals surface area contributed by atoms with Crippen LogP contribution in [0.2, 0.25) is 0 Å². The highest BCUT2D eigenvalue weighted by Gasteiger charge is 2.20. The Hall–Kier alpha value is -2.12. The number of urea groups is 1. The molecule has 1 saturated heterocycles. The van der Waals surface area contributed by atoms with Gasteiger partial charge < -0.3 is 20.4 Å². The van der Waals surface area contributed by atoms with Crippen LogP contribution < -0.4 is 10.6 Å². The minimum Gasteiger partial charge on any atom is -0.326 e. The molecule has 1 aromatic rings. The van der Waals surface area contributed by atoms with Crippen LogP contribution in [-0.4, -0.2) is 80.0 Å². The molecule has 7 heteroatoms. The van der Waals surface area contributed by atoms with Gasteiger partial charge in [0.25, 0.3) is 0 Å². The third kappa shape index (κ3) is 5.82. The molecule has 0 spiro atoms. The second kappa shape index (κ2) is 8.65. The summed E-state index contributed by atoms with van der Waals surface area (Å²) in [6.45, 7) is 6.83. The number of amides is 3. The fourth-order valence-corrected chi connectivity index (χ4v) is 2.56. The van der Waals surface area contributed by atoms with E-state index < -0.39 is 0 Å². The lowest BCUT2D eigenvalue weighted by Gasteiger charge is -2.35. The number of anilines is 2. The first-order valence-corrected chi connectivity index (χ1v) is 8.25. The van der Waals surface area contributed by atoms with Crippen LogP contribution in [0.15, 0.2) is 24.3 Å². The van der Waals surface area contributed by atoms with Gasteiger partial charge in [-0.15, -0.1) is 0 Å². The maximum absolute atomic E-state index is 12.3. The summed E-state index contributed by atoms with van der Waals surface area (Å²) in [4.78, 5) is 29.7. The van der Waals surface area contributed by atoms with Crippen molar-refractivity contribution in [3.05, 3.63) is 24.3 Å². The van der Waals surface area contributed by atoms with Crippen molar-refractivity contribution in [2.45, 2.75) is 6.92 Å². The van der Waals surface area contributed by atoms with E-state index in [0.717, 1.165) is 50.6 Å². The first-order valence-electron chi connectivity index (χ1n) is 8.25. The highest BCUT2D eigenvalue weighted by Crippen LogP contribution is 2.14. The molecule has 0 saturated carbocycles. The number of rotatable bonds is 5. The van der Waals surface area contributed by atoms with E-state index in [1.165, 1.54) is 6.92 Å². The van der Waals surface area contributed by atoms with Crippen LogP contribution in [0.4, 0.5) is 16.2 Å². The molecule has 2 rings (SSSR count). The standard InChI is InChI=1S/C17H27N5O2/c1-14(23)18-15-4-6-16(7-5-15)19-17(24)22-12-10-21(11-13-22)9-8-20(2)3/h4-7H,8-13H2,1-3H3,(H,18,23)(H,19,24). The van der Waals surface area contributed by atoms with Gasteiger partial charge in [0.1, 0.15) is 0 Å². The molecule has 7 nitrogen and oxygen atoms in total. The topological polar surface area (TPSA) is 67.9 Å². The molecule has 1 fully saturated rings. The van der Waals surface area contributed by atoms with E-state index in [9.17, 15) is 9.59 Å². The summed E-state index contributed by atoms with van der Waals surface area (Å²) in [7, 11) is 4.14. The molecule has 0 bridgehead atoms. The molecule has 1 heterocycles. The maximum Gasteiger partial charge on any atom is 0.321 e. The van der Waals surface area contributed by atoms with E-state index in [4.69, 9.17) is 0 Å². The maximum atomic E-state index is 12.3. The molecule has 2 N–H and O–H groups in total. The van der Waals surface area contributed by atoms with E-state index in [0.29, 0.717) is 0 Å². The fourth-order valence-electron chi connectivity index (χ4n) is 2.56. The number of carbonyl (C=O) groups excluding carboxylic acids is 2. The number of nitrogens with zero attached hydrogens (tertiary/aromatic N) is 3. The Kier molecular flexibility index (Phi) is 6.57. The largest absolute Gasteiger partial charge is 0.326 e. The number of carbonyl (C=O) groups is 2. The molecular formula is C17H27N5O2. The smallest absolute Gasteiger partial charge is 0.321 e. The first-order chi connectivity index (χ1) is 11.4. The third-order valence-corrected chi connectivity index (χ3v) is 3.98. The van der Waals surface area contributed by atoms with Gasteiger partial charge in [0.05, 0.1) is 0 Å². The number of nitrogens with one attached hydrogen (secondary N) is 2. The summed E-state index contributed by atoms with van der Waals surface area (Å²) in [5.74, 6) is -0.112. The summed E-state index contributed by atoms with van der Waals surface area (Å²) in [6, 6.07) is 7.05. The SMILES string of the molecule is CC(=O)Nc1ccc(NC(=O)N2CCN(CCN(C)C)CC2)cc1. The van der Waals surface area contributed by atoms with Crippen molar-refractivity contribution >= 4 is 23.3 Å². The Morgan fingerprint density at radius 2 is 1.54 bits per heavy atom. The fraction of sp³-hybridized carbons (Fsp3) is 0.529. The summed E-state index contributed by atoms with van der Waals surface area (Å²) in [5, 5.41) is 5.61. The average molecular weight is 333 g/mol. The van der Waals surface area contributed by atoms with Crippen molar-refractivity contribution in [2.24, 2.45) is 0 Å². The van der Waals surface area contributed by atoms with Crippen LogP contribution in [0.3, 0.4) is 0 Å². The second-order valence-corrected chi connectivity index (χ2v) is 6.32. The van der Waals surface area contributed by atoms with Crippen LogP contribution in [-0.2, 0) is 4.79 Å². The molecule has 1 aliphatic rings. The highest BCUT2D eigenvalue weighted by molar-refractivity contribution is 5.91. The molecule has 0 aromatic heterocycles. The van der Waals surface area contributed by atoms with E-state index in [-0.39, 0.29) is 11.9 Å². The zero-order valence-corrected chi connectivity index (χ0v) is 14.7. The molecule has 0 aliphatic carbocycles. The molecule has 132 valence electrons. The highest BCUT2D eigenvalue weighted by atomic mass is 16.2. The lowest BCUT2D eigenvalue weighted by molar-refractivity contribution is -0.114. The monoisotopic (exact) mass is 333 g/mol. The van der Waals surface area contributed by atoms with Crippen molar-refractivity contribution in [2.75, 3.05) is 64.0 Å². The molecule has 0 atom stereocenters. The van der Waals surface area contributed by atoms with E-state index >= 15 is 0 Å². The number of benzene rings is 1. The van der Waals surface area contributed by atoms with Crippen molar-refractivity contribution in [3.63, 3.8) is 0 Å². The number of hydrogen-bond donors (Lipinski definition) is 2.